The summed E-state index contributed by atoms with van der Waals surface area (Å²) in [6, 6.07) is 0.292. The third kappa shape index (κ3) is 2.15. The van der Waals surface area contributed by atoms with E-state index in [0.29, 0.717) is 6.04 Å². The van der Waals surface area contributed by atoms with Gasteiger partial charge in [-0.3, -0.25) is 4.68 Å². The number of nitrogens with zero attached hydrogens (tertiary/aromatic N) is 3. The first-order valence-corrected chi connectivity index (χ1v) is 6.14. The van der Waals surface area contributed by atoms with Gasteiger partial charge in [-0.15, -0.1) is 11.3 Å². The van der Waals surface area contributed by atoms with E-state index in [9.17, 15) is 0 Å². The van der Waals surface area contributed by atoms with Crippen LogP contribution in [0.2, 0.25) is 0 Å². The van der Waals surface area contributed by atoms with Crippen molar-refractivity contribution in [2.24, 2.45) is 7.05 Å². The summed E-state index contributed by atoms with van der Waals surface area (Å²) < 4.78 is 1.90. The van der Waals surface area contributed by atoms with Gasteiger partial charge in [0.05, 0.1) is 11.2 Å². The molecule has 2 rings (SSSR count). The molecule has 4 nitrogen and oxygen atoms in total. The minimum absolute atomic E-state index is 0.292. The van der Waals surface area contributed by atoms with Gasteiger partial charge in [-0.05, 0) is 14.0 Å². The van der Waals surface area contributed by atoms with Crippen LogP contribution in [0.5, 0.6) is 0 Å². The van der Waals surface area contributed by atoms with Crippen molar-refractivity contribution in [3.63, 3.8) is 0 Å². The van der Waals surface area contributed by atoms with E-state index in [1.807, 2.05) is 36.6 Å². The van der Waals surface area contributed by atoms with E-state index in [0.717, 1.165) is 11.4 Å². The Bertz CT molecular complexity index is 447. The minimum Gasteiger partial charge on any atom is -0.313 e. The van der Waals surface area contributed by atoms with Crippen molar-refractivity contribution >= 4 is 11.3 Å². The van der Waals surface area contributed by atoms with E-state index in [4.69, 9.17) is 0 Å². The molecule has 86 valence electrons. The fraction of sp³-hybridized carbons (Fsp3) is 0.455. The predicted octanol–water partition coefficient (Wildman–Crippen LogP) is 1.69. The number of thiazole rings is 1. The van der Waals surface area contributed by atoms with Crippen LogP contribution in [0.25, 0.3) is 0 Å². The molecular weight excluding hydrogens is 220 g/mol. The monoisotopic (exact) mass is 236 g/mol. The van der Waals surface area contributed by atoms with Crippen molar-refractivity contribution in [1.29, 1.82) is 0 Å². The number of likely N-dealkylation sites (N-methyl/N-ethyl adjacent to an activating group) is 1. The maximum absolute atomic E-state index is 4.32. The van der Waals surface area contributed by atoms with Crippen molar-refractivity contribution in [1.82, 2.24) is 20.1 Å². The van der Waals surface area contributed by atoms with Gasteiger partial charge in [0, 0.05) is 42.3 Å². The number of aryl methyl sites for hydroxylation is 1. The van der Waals surface area contributed by atoms with E-state index >= 15 is 0 Å². The van der Waals surface area contributed by atoms with E-state index in [-0.39, 0.29) is 0 Å². The van der Waals surface area contributed by atoms with Crippen molar-refractivity contribution in [3.8, 4) is 0 Å². The smallest absolute Gasteiger partial charge is 0.0943 e. The summed E-state index contributed by atoms with van der Waals surface area (Å²) in [6.07, 6.45) is 4.70. The fourth-order valence-electron chi connectivity index (χ4n) is 1.75. The third-order valence-electron chi connectivity index (χ3n) is 2.86. The molecule has 16 heavy (non-hydrogen) atoms. The predicted molar refractivity (Wildman–Crippen MR) is 65.6 cm³/mol. The second-order valence-electron chi connectivity index (χ2n) is 3.78. The SMILES string of the molecule is CNC(Cc1nccs1)c1cnn(C)c1C. The average molecular weight is 236 g/mol. The van der Waals surface area contributed by atoms with Crippen LogP contribution in [0, 0.1) is 6.92 Å². The van der Waals surface area contributed by atoms with Crippen molar-refractivity contribution in [2.45, 2.75) is 19.4 Å². The molecule has 1 unspecified atom stereocenters. The minimum atomic E-state index is 0.292. The zero-order valence-corrected chi connectivity index (χ0v) is 10.6. The molecule has 0 saturated carbocycles. The maximum Gasteiger partial charge on any atom is 0.0943 e. The lowest BCUT2D eigenvalue weighted by Crippen LogP contribution is -2.19. The number of rotatable bonds is 4. The van der Waals surface area contributed by atoms with Gasteiger partial charge in [-0.25, -0.2) is 4.98 Å². The van der Waals surface area contributed by atoms with Crippen LogP contribution in [0.4, 0.5) is 0 Å². The highest BCUT2D eigenvalue weighted by Gasteiger charge is 2.16. The Balaban J connectivity index is 2.20. The van der Waals surface area contributed by atoms with E-state index in [1.54, 1.807) is 11.3 Å². The number of nitrogens with one attached hydrogen (secondary N) is 1. The first-order valence-electron chi connectivity index (χ1n) is 5.26. The molecule has 0 aliphatic rings. The molecule has 0 bridgehead atoms. The highest BCUT2D eigenvalue weighted by molar-refractivity contribution is 7.09. The van der Waals surface area contributed by atoms with Crippen LogP contribution in [-0.2, 0) is 13.5 Å². The van der Waals surface area contributed by atoms with Crippen LogP contribution in [-0.4, -0.2) is 21.8 Å². The standard InChI is InChI=1S/C11H16N4S/c1-8-9(7-14-15(8)3)10(12-2)6-11-13-4-5-16-11/h4-5,7,10,12H,6H2,1-3H3. The summed E-state index contributed by atoms with van der Waals surface area (Å²) >= 11 is 1.70. The fourth-order valence-corrected chi connectivity index (χ4v) is 2.42. The van der Waals surface area contributed by atoms with Crippen LogP contribution in [0.15, 0.2) is 17.8 Å². The Kier molecular flexibility index (Phi) is 3.36. The Labute approximate surface area is 99.3 Å². The molecule has 2 heterocycles. The van der Waals surface area contributed by atoms with Gasteiger partial charge in [-0.2, -0.15) is 5.10 Å². The molecule has 2 aromatic heterocycles. The second kappa shape index (κ2) is 4.76. The molecule has 0 saturated heterocycles. The highest BCUT2D eigenvalue weighted by atomic mass is 32.1. The van der Waals surface area contributed by atoms with Crippen LogP contribution < -0.4 is 5.32 Å². The molecule has 1 atom stereocenters. The summed E-state index contributed by atoms with van der Waals surface area (Å²) in [5.41, 5.74) is 2.45. The normalized spacial score (nSPS) is 12.9. The number of aromatic nitrogens is 3. The summed E-state index contributed by atoms with van der Waals surface area (Å²) in [5.74, 6) is 0. The molecule has 0 amide bonds. The van der Waals surface area contributed by atoms with Gasteiger partial charge in [0.2, 0.25) is 0 Å². The Morgan fingerprint density at radius 3 is 2.88 bits per heavy atom. The molecule has 0 radical (unpaired) electrons. The summed E-state index contributed by atoms with van der Waals surface area (Å²) in [5, 5.41) is 10.8. The topological polar surface area (TPSA) is 42.7 Å². The number of hydrogen-bond donors (Lipinski definition) is 1. The lowest BCUT2D eigenvalue weighted by molar-refractivity contribution is 0.585. The van der Waals surface area contributed by atoms with E-state index in [1.165, 1.54) is 11.3 Å². The van der Waals surface area contributed by atoms with Crippen LogP contribution in [0.1, 0.15) is 22.3 Å². The largest absolute Gasteiger partial charge is 0.313 e. The molecule has 0 fully saturated rings. The summed E-state index contributed by atoms with van der Waals surface area (Å²) in [6.45, 7) is 2.09. The Morgan fingerprint density at radius 1 is 1.56 bits per heavy atom. The van der Waals surface area contributed by atoms with Crippen molar-refractivity contribution in [3.05, 3.63) is 34.0 Å². The molecule has 5 heteroatoms. The molecule has 1 N–H and O–H groups in total. The van der Waals surface area contributed by atoms with Crippen molar-refractivity contribution < 1.29 is 0 Å². The molecule has 0 aliphatic carbocycles. The second-order valence-corrected chi connectivity index (χ2v) is 4.76. The van der Waals surface area contributed by atoms with Gasteiger partial charge >= 0.3 is 0 Å². The lowest BCUT2D eigenvalue weighted by Gasteiger charge is -2.14. The molecule has 0 aliphatic heterocycles. The quantitative estimate of drug-likeness (QED) is 0.878. The van der Waals surface area contributed by atoms with E-state index < -0.39 is 0 Å². The molecular formula is C11H16N4S. The zero-order valence-electron chi connectivity index (χ0n) is 9.77. The van der Waals surface area contributed by atoms with Gasteiger partial charge < -0.3 is 5.32 Å². The van der Waals surface area contributed by atoms with Gasteiger partial charge in [-0.1, -0.05) is 0 Å². The summed E-state index contributed by atoms with van der Waals surface area (Å²) in [7, 11) is 3.94. The first-order chi connectivity index (χ1) is 7.72. The molecule has 0 aromatic carbocycles. The molecule has 0 spiro atoms. The Hall–Kier alpha value is -1.20. The number of hydrogen-bond acceptors (Lipinski definition) is 4. The Morgan fingerprint density at radius 2 is 2.38 bits per heavy atom. The van der Waals surface area contributed by atoms with Gasteiger partial charge in [0.1, 0.15) is 0 Å². The van der Waals surface area contributed by atoms with Crippen molar-refractivity contribution in [2.75, 3.05) is 7.05 Å². The summed E-state index contributed by atoms with van der Waals surface area (Å²) in [4.78, 5) is 4.32. The highest BCUT2D eigenvalue weighted by Crippen LogP contribution is 2.21. The lowest BCUT2D eigenvalue weighted by atomic mass is 10.1. The van der Waals surface area contributed by atoms with E-state index in [2.05, 4.69) is 22.3 Å². The third-order valence-corrected chi connectivity index (χ3v) is 3.66. The van der Waals surface area contributed by atoms with Crippen LogP contribution >= 0.6 is 11.3 Å². The van der Waals surface area contributed by atoms with Crippen LogP contribution in [0.3, 0.4) is 0 Å². The maximum atomic E-state index is 4.32. The average Bonchev–Trinajstić information content (AvgIpc) is 2.88. The first kappa shape index (κ1) is 11.3. The molecule has 2 aromatic rings. The zero-order chi connectivity index (χ0) is 11.5. The van der Waals surface area contributed by atoms with Gasteiger partial charge in [0.25, 0.3) is 0 Å². The van der Waals surface area contributed by atoms with Gasteiger partial charge in [0.15, 0.2) is 0 Å².